The van der Waals surface area contributed by atoms with E-state index in [0.29, 0.717) is 16.5 Å². The van der Waals surface area contributed by atoms with Gasteiger partial charge in [0.2, 0.25) is 0 Å². The predicted molar refractivity (Wildman–Crippen MR) is 109 cm³/mol. The highest BCUT2D eigenvalue weighted by molar-refractivity contribution is 7.92. The lowest BCUT2D eigenvalue weighted by Crippen LogP contribution is -2.54. The highest BCUT2D eigenvalue weighted by atomic mass is 35.5. The second-order valence-electron chi connectivity index (χ2n) is 7.81. The molecule has 150 valence electrons. The van der Waals surface area contributed by atoms with Gasteiger partial charge in [0.1, 0.15) is 5.75 Å². The number of hydrogen-bond donors (Lipinski definition) is 1. The van der Waals surface area contributed by atoms with Crippen molar-refractivity contribution in [3.63, 3.8) is 0 Å². The van der Waals surface area contributed by atoms with E-state index in [2.05, 4.69) is 5.32 Å². The molecule has 2 aromatic carbocycles. The van der Waals surface area contributed by atoms with Crippen molar-refractivity contribution in [2.45, 2.75) is 44.2 Å². The molecule has 1 atom stereocenters. The largest absolute Gasteiger partial charge is 0.476 e. The van der Waals surface area contributed by atoms with Gasteiger partial charge >= 0.3 is 0 Å². The van der Waals surface area contributed by atoms with Crippen molar-refractivity contribution in [3.8, 4) is 5.75 Å². The number of sulfonamides is 1. The van der Waals surface area contributed by atoms with Crippen LogP contribution in [0.5, 0.6) is 5.75 Å². The molecule has 0 aliphatic carbocycles. The van der Waals surface area contributed by atoms with E-state index in [1.165, 1.54) is 10.4 Å². The van der Waals surface area contributed by atoms with Gasteiger partial charge in [-0.3, -0.25) is 9.10 Å². The zero-order valence-electron chi connectivity index (χ0n) is 16.2. The van der Waals surface area contributed by atoms with E-state index in [4.69, 9.17) is 16.3 Å². The summed E-state index contributed by atoms with van der Waals surface area (Å²) >= 11 is 6.09. The summed E-state index contributed by atoms with van der Waals surface area (Å²) in [5, 5.41) is 3.22. The molecule has 0 aromatic heterocycles. The summed E-state index contributed by atoms with van der Waals surface area (Å²) in [6, 6.07) is 11.3. The average molecular weight is 423 g/mol. The summed E-state index contributed by atoms with van der Waals surface area (Å²) in [5.74, 6) is -0.0856. The van der Waals surface area contributed by atoms with Gasteiger partial charge in [-0.25, -0.2) is 8.42 Å². The van der Waals surface area contributed by atoms with Crippen molar-refractivity contribution in [1.82, 2.24) is 5.32 Å². The number of amides is 1. The molecular weight excluding hydrogens is 400 g/mol. The molecule has 6 nitrogen and oxygen atoms in total. The molecule has 0 spiro atoms. The first-order chi connectivity index (χ1) is 13.0. The van der Waals surface area contributed by atoms with Crippen molar-refractivity contribution < 1.29 is 17.9 Å². The van der Waals surface area contributed by atoms with Gasteiger partial charge in [0, 0.05) is 10.6 Å². The molecule has 1 aliphatic heterocycles. The van der Waals surface area contributed by atoms with Crippen molar-refractivity contribution in [3.05, 3.63) is 53.1 Å². The van der Waals surface area contributed by atoms with Crippen LogP contribution in [0.15, 0.2) is 47.4 Å². The summed E-state index contributed by atoms with van der Waals surface area (Å²) in [6.07, 6.45) is -0.979. The summed E-state index contributed by atoms with van der Waals surface area (Å²) < 4.78 is 33.6. The molecule has 8 heteroatoms. The molecular formula is C20H23ClN2O4S. The molecule has 0 fully saturated rings. The zero-order chi connectivity index (χ0) is 20.7. The van der Waals surface area contributed by atoms with Crippen LogP contribution in [0.4, 0.5) is 5.69 Å². The van der Waals surface area contributed by atoms with Crippen LogP contribution in [0, 0.1) is 6.92 Å². The molecule has 0 saturated carbocycles. The first-order valence-corrected chi connectivity index (χ1v) is 10.7. The Kier molecular flexibility index (Phi) is 5.34. The van der Waals surface area contributed by atoms with Gasteiger partial charge in [-0.05, 0) is 58.0 Å². The summed E-state index contributed by atoms with van der Waals surface area (Å²) in [5.41, 5.74) is 0.793. The van der Waals surface area contributed by atoms with Crippen LogP contribution >= 0.6 is 11.6 Å². The Morgan fingerprint density at radius 2 is 1.82 bits per heavy atom. The van der Waals surface area contributed by atoms with E-state index in [-0.39, 0.29) is 17.3 Å². The molecule has 1 amide bonds. The van der Waals surface area contributed by atoms with Crippen LogP contribution in [0.25, 0.3) is 0 Å². The molecule has 0 unspecified atom stereocenters. The Morgan fingerprint density at radius 1 is 1.18 bits per heavy atom. The number of nitrogens with one attached hydrogen (secondary N) is 1. The number of carbonyl (C=O) groups is 1. The maximum atomic E-state index is 13.3. The fourth-order valence-corrected chi connectivity index (χ4v) is 4.51. The lowest BCUT2D eigenvalue weighted by molar-refractivity contribution is -0.129. The van der Waals surface area contributed by atoms with Gasteiger partial charge in [0.25, 0.3) is 15.9 Å². The normalized spacial score (nSPS) is 16.9. The van der Waals surface area contributed by atoms with E-state index in [9.17, 15) is 13.2 Å². The maximum absolute atomic E-state index is 13.3. The molecule has 2 aromatic rings. The number of nitrogens with zero attached hydrogens (tertiary/aromatic N) is 1. The first-order valence-electron chi connectivity index (χ1n) is 8.85. The second-order valence-corrected chi connectivity index (χ2v) is 10.1. The third-order valence-corrected chi connectivity index (χ3v) is 6.22. The Balaban J connectivity index is 2.04. The Labute approximate surface area is 170 Å². The predicted octanol–water partition coefficient (Wildman–Crippen LogP) is 3.52. The SMILES string of the molecule is Cc1ccc(S(=O)(=O)N2C[C@H](C(=O)NC(C)(C)C)Oc3ccc(Cl)cc32)cc1. The molecule has 3 rings (SSSR count). The number of ether oxygens (including phenoxy) is 1. The Bertz CT molecular complexity index is 998. The summed E-state index contributed by atoms with van der Waals surface area (Å²) in [6.45, 7) is 7.28. The van der Waals surface area contributed by atoms with Gasteiger partial charge < -0.3 is 10.1 Å². The molecule has 28 heavy (non-hydrogen) atoms. The van der Waals surface area contributed by atoms with Crippen LogP contribution in [0.1, 0.15) is 26.3 Å². The first kappa shape index (κ1) is 20.5. The monoisotopic (exact) mass is 422 g/mol. The van der Waals surface area contributed by atoms with Crippen molar-refractivity contribution >= 4 is 33.2 Å². The third-order valence-electron chi connectivity index (χ3n) is 4.19. The highest BCUT2D eigenvalue weighted by Crippen LogP contribution is 2.39. The molecule has 0 saturated heterocycles. The van der Waals surface area contributed by atoms with Crippen molar-refractivity contribution in [2.24, 2.45) is 0 Å². The van der Waals surface area contributed by atoms with Gasteiger partial charge in [-0.15, -0.1) is 0 Å². The third kappa shape index (κ3) is 4.25. The summed E-state index contributed by atoms with van der Waals surface area (Å²) in [4.78, 5) is 12.8. The number of hydrogen-bond acceptors (Lipinski definition) is 4. The topological polar surface area (TPSA) is 75.7 Å². The Morgan fingerprint density at radius 3 is 2.43 bits per heavy atom. The summed E-state index contributed by atoms with van der Waals surface area (Å²) in [7, 11) is -3.90. The fraction of sp³-hybridized carbons (Fsp3) is 0.350. The van der Waals surface area contributed by atoms with E-state index in [0.717, 1.165) is 5.56 Å². The number of halogens is 1. The molecule has 0 bridgehead atoms. The quantitative estimate of drug-likeness (QED) is 0.821. The minimum absolute atomic E-state index is 0.140. The maximum Gasteiger partial charge on any atom is 0.264 e. The fourth-order valence-electron chi connectivity index (χ4n) is 2.88. The lowest BCUT2D eigenvalue weighted by Gasteiger charge is -2.36. The minimum Gasteiger partial charge on any atom is -0.476 e. The van der Waals surface area contributed by atoms with E-state index >= 15 is 0 Å². The number of aryl methyl sites for hydroxylation is 1. The zero-order valence-corrected chi connectivity index (χ0v) is 17.8. The molecule has 1 heterocycles. The number of benzene rings is 2. The number of carbonyl (C=O) groups excluding carboxylic acids is 1. The Hall–Kier alpha value is -2.25. The van der Waals surface area contributed by atoms with Gasteiger partial charge in [0.15, 0.2) is 6.10 Å². The molecule has 1 aliphatic rings. The number of fused-ring (bicyclic) bond motifs is 1. The lowest BCUT2D eigenvalue weighted by atomic mass is 10.1. The van der Waals surface area contributed by atoms with Crippen LogP contribution < -0.4 is 14.4 Å². The molecule has 1 N–H and O–H groups in total. The van der Waals surface area contributed by atoms with Crippen molar-refractivity contribution in [1.29, 1.82) is 0 Å². The van der Waals surface area contributed by atoms with E-state index < -0.39 is 21.7 Å². The van der Waals surface area contributed by atoms with E-state index in [1.807, 2.05) is 27.7 Å². The second kappa shape index (κ2) is 7.29. The molecule has 0 radical (unpaired) electrons. The average Bonchev–Trinajstić information content (AvgIpc) is 2.59. The van der Waals surface area contributed by atoms with Crippen molar-refractivity contribution in [2.75, 3.05) is 10.8 Å². The van der Waals surface area contributed by atoms with Gasteiger partial charge in [0.05, 0.1) is 17.1 Å². The van der Waals surface area contributed by atoms with Gasteiger partial charge in [-0.2, -0.15) is 0 Å². The number of rotatable bonds is 3. The minimum atomic E-state index is -3.90. The van der Waals surface area contributed by atoms with Crippen LogP contribution in [0.2, 0.25) is 5.02 Å². The standard InChI is InChI=1S/C20H23ClN2O4S/c1-13-5-8-15(9-6-13)28(25,26)23-12-18(19(24)22-20(2,3)4)27-17-10-7-14(21)11-16(17)23/h5-11,18H,12H2,1-4H3,(H,22,24)/t18-/m1/s1. The number of anilines is 1. The smallest absolute Gasteiger partial charge is 0.264 e. The van der Waals surface area contributed by atoms with Gasteiger partial charge in [-0.1, -0.05) is 29.3 Å². The van der Waals surface area contributed by atoms with Crippen LogP contribution in [-0.4, -0.2) is 32.5 Å². The van der Waals surface area contributed by atoms with Crippen LogP contribution in [-0.2, 0) is 14.8 Å². The van der Waals surface area contributed by atoms with Crippen LogP contribution in [0.3, 0.4) is 0 Å². The van der Waals surface area contributed by atoms with E-state index in [1.54, 1.807) is 36.4 Å². The highest BCUT2D eigenvalue weighted by Gasteiger charge is 2.38.